The molecule has 3 fully saturated rings. The van der Waals surface area contributed by atoms with Crippen molar-refractivity contribution in [3.63, 3.8) is 0 Å². The second-order valence-corrected chi connectivity index (χ2v) is 14.5. The van der Waals surface area contributed by atoms with Gasteiger partial charge >= 0.3 is 7.12 Å². The highest BCUT2D eigenvalue weighted by Crippen LogP contribution is 2.34. The molecule has 13 nitrogen and oxygen atoms in total. The van der Waals surface area contributed by atoms with Crippen LogP contribution in [-0.2, 0) is 19.9 Å². The number of aliphatic hydroxyl groups is 1. The van der Waals surface area contributed by atoms with Crippen molar-refractivity contribution in [2.75, 3.05) is 19.8 Å². The van der Waals surface area contributed by atoms with Crippen LogP contribution in [0.3, 0.4) is 0 Å². The van der Waals surface area contributed by atoms with Gasteiger partial charge in [0.05, 0.1) is 23.4 Å². The molecular formula is C35H47BN6O7. The largest absolute Gasteiger partial charge is 0.479 e. The molecular weight excluding hydrogens is 627 g/mol. The van der Waals surface area contributed by atoms with Gasteiger partial charge in [0, 0.05) is 31.7 Å². The highest BCUT2D eigenvalue weighted by molar-refractivity contribution is 6.46. The second kappa shape index (κ2) is 14.6. The third-order valence-electron chi connectivity index (χ3n) is 10.6. The van der Waals surface area contributed by atoms with E-state index in [4.69, 9.17) is 4.74 Å². The predicted molar refractivity (Wildman–Crippen MR) is 182 cm³/mol. The number of benzene rings is 2. The Labute approximate surface area is 286 Å². The second-order valence-electron chi connectivity index (χ2n) is 14.5. The van der Waals surface area contributed by atoms with Crippen LogP contribution in [0.5, 0.6) is 0 Å². The van der Waals surface area contributed by atoms with Gasteiger partial charge in [0.15, 0.2) is 0 Å². The normalized spacial score (nSPS) is 22.1. The van der Waals surface area contributed by atoms with Crippen molar-refractivity contribution in [2.45, 2.75) is 101 Å². The number of hydrogen-bond donors (Lipinski definition) is 5. The average molecular weight is 675 g/mol. The van der Waals surface area contributed by atoms with Crippen LogP contribution in [0.15, 0.2) is 48.7 Å². The van der Waals surface area contributed by atoms with Crippen molar-refractivity contribution >= 4 is 35.6 Å². The van der Waals surface area contributed by atoms with Gasteiger partial charge in [-0.25, -0.2) is 4.68 Å². The number of amides is 3. The Bertz CT molecular complexity index is 1650. The Morgan fingerprint density at radius 3 is 2.47 bits per heavy atom. The molecule has 0 spiro atoms. The number of rotatable bonds is 10. The van der Waals surface area contributed by atoms with Crippen LogP contribution in [0.1, 0.15) is 93.7 Å². The minimum absolute atomic E-state index is 0.0775. The van der Waals surface area contributed by atoms with Gasteiger partial charge in [0.1, 0.15) is 17.7 Å². The van der Waals surface area contributed by atoms with E-state index in [1.54, 1.807) is 24.6 Å². The smallest absolute Gasteiger partial charge is 0.426 e. The predicted octanol–water partition coefficient (Wildman–Crippen LogP) is 2.25. The quantitative estimate of drug-likeness (QED) is 0.202. The van der Waals surface area contributed by atoms with E-state index in [-0.39, 0.29) is 50.8 Å². The lowest BCUT2D eigenvalue weighted by Crippen LogP contribution is -2.65. The van der Waals surface area contributed by atoms with Gasteiger partial charge in [-0.2, -0.15) is 0 Å². The molecule has 3 aliphatic rings. The summed E-state index contributed by atoms with van der Waals surface area (Å²) in [7, 11) is -1.83. The van der Waals surface area contributed by atoms with Crippen LogP contribution in [0.25, 0.3) is 10.8 Å². The monoisotopic (exact) mass is 674 g/mol. The van der Waals surface area contributed by atoms with Crippen LogP contribution < -0.4 is 10.6 Å². The summed E-state index contributed by atoms with van der Waals surface area (Å²) in [5.41, 5.74) is -1.76. The molecule has 1 saturated carbocycles. The van der Waals surface area contributed by atoms with Gasteiger partial charge in [0.2, 0.25) is 11.8 Å². The van der Waals surface area contributed by atoms with Crippen LogP contribution in [0, 0.1) is 5.92 Å². The van der Waals surface area contributed by atoms with Crippen LogP contribution >= 0.6 is 0 Å². The highest BCUT2D eigenvalue weighted by atomic mass is 16.5. The van der Waals surface area contributed by atoms with Crippen molar-refractivity contribution < 1.29 is 34.3 Å². The summed E-state index contributed by atoms with van der Waals surface area (Å²) in [6.07, 6.45) is 7.59. The minimum atomic E-state index is -1.83. The van der Waals surface area contributed by atoms with Gasteiger partial charge in [-0.1, -0.05) is 67.6 Å². The summed E-state index contributed by atoms with van der Waals surface area (Å²) >= 11 is 0. The number of aromatic nitrogens is 3. The molecule has 49 heavy (non-hydrogen) atoms. The maximum Gasteiger partial charge on any atom is 0.479 e. The first-order valence-electron chi connectivity index (χ1n) is 17.4. The number of hydrogen-bond acceptors (Lipinski definition) is 9. The third-order valence-corrected chi connectivity index (χ3v) is 10.6. The van der Waals surface area contributed by atoms with E-state index in [0.29, 0.717) is 17.7 Å². The third kappa shape index (κ3) is 7.67. The van der Waals surface area contributed by atoms with Crippen molar-refractivity contribution in [3.8, 4) is 0 Å². The van der Waals surface area contributed by atoms with Crippen LogP contribution in [0.4, 0.5) is 0 Å². The first kappa shape index (κ1) is 35.0. The molecule has 2 aromatic carbocycles. The molecule has 3 aromatic rings. The van der Waals surface area contributed by atoms with E-state index in [9.17, 15) is 29.5 Å². The number of carbonyl (C=O) groups excluding carboxylic acids is 3. The molecule has 2 aliphatic heterocycles. The Balaban J connectivity index is 1.31. The fourth-order valence-corrected chi connectivity index (χ4v) is 7.70. The van der Waals surface area contributed by atoms with E-state index < -0.39 is 48.1 Å². The average Bonchev–Trinajstić information content (AvgIpc) is 3.77. The molecule has 262 valence electrons. The molecule has 1 aromatic heterocycles. The van der Waals surface area contributed by atoms with E-state index in [0.717, 1.165) is 42.9 Å². The maximum absolute atomic E-state index is 14.7. The fraction of sp³-hybridized carbons (Fsp3) is 0.571. The van der Waals surface area contributed by atoms with Gasteiger partial charge in [0.25, 0.3) is 5.91 Å². The lowest BCUT2D eigenvalue weighted by atomic mass is 9.60. The number of fused-ring (bicyclic) bond motifs is 1. The molecule has 2 saturated heterocycles. The highest BCUT2D eigenvalue weighted by Gasteiger charge is 2.50. The first-order valence-corrected chi connectivity index (χ1v) is 17.4. The summed E-state index contributed by atoms with van der Waals surface area (Å²) in [5, 5.41) is 47.7. The van der Waals surface area contributed by atoms with Crippen molar-refractivity contribution in [1.82, 2.24) is 30.5 Å². The standard InChI is InChI=1S/C35H47BN6O7/c1-34(2,46)30-21-37-40-42(30)27-20-29(32(44)39-35(36(47)48)14-16-49-17-15-35)41(22-27)33(45)28(18-23-8-4-3-5-9-23)38-31(43)26-13-12-24-10-6-7-11-25(24)19-26/h6-7,10-13,19,21,23,27-29,46-48H,3-5,8-9,14-18,20,22H2,1-2H3,(H,38,43)(H,39,44)/t27-,28+,29-/m0/s1. The number of ether oxygens (including phenoxy) is 1. The van der Waals surface area contributed by atoms with Crippen molar-refractivity contribution in [2.24, 2.45) is 5.92 Å². The maximum atomic E-state index is 14.7. The summed E-state index contributed by atoms with van der Waals surface area (Å²) in [4.78, 5) is 44.2. The molecule has 1 aliphatic carbocycles. The molecule has 0 unspecified atom stereocenters. The number of nitrogens with one attached hydrogen (secondary N) is 2. The van der Waals surface area contributed by atoms with E-state index >= 15 is 0 Å². The number of likely N-dealkylation sites (tertiary alicyclic amines) is 1. The zero-order chi connectivity index (χ0) is 34.8. The zero-order valence-corrected chi connectivity index (χ0v) is 28.3. The minimum Gasteiger partial charge on any atom is -0.426 e. The molecule has 3 heterocycles. The van der Waals surface area contributed by atoms with Crippen molar-refractivity contribution in [1.29, 1.82) is 0 Å². The van der Waals surface area contributed by atoms with Crippen LogP contribution in [0.2, 0.25) is 0 Å². The zero-order valence-electron chi connectivity index (χ0n) is 28.3. The Morgan fingerprint density at radius 2 is 1.78 bits per heavy atom. The summed E-state index contributed by atoms with van der Waals surface area (Å²) in [6, 6.07) is 10.8. The number of nitrogens with zero attached hydrogens (tertiary/aromatic N) is 4. The van der Waals surface area contributed by atoms with E-state index in [2.05, 4.69) is 20.9 Å². The van der Waals surface area contributed by atoms with Crippen LogP contribution in [-0.4, -0.2) is 97.2 Å². The molecule has 0 bridgehead atoms. The SMILES string of the molecule is CC(C)(O)c1cnnn1[C@H]1C[C@@H](C(=O)NC2(B(O)O)CCOCC2)N(C(=O)[C@@H](CC2CCCCC2)NC(=O)c2ccc3ccccc3c2)C1. The topological polar surface area (TPSA) is 179 Å². The van der Waals surface area contributed by atoms with Gasteiger partial charge < -0.3 is 35.4 Å². The van der Waals surface area contributed by atoms with Crippen molar-refractivity contribution in [3.05, 3.63) is 59.9 Å². The first-order chi connectivity index (χ1) is 23.4. The lowest BCUT2D eigenvalue weighted by molar-refractivity contribution is -0.141. The molecule has 5 N–H and O–H groups in total. The fourth-order valence-electron chi connectivity index (χ4n) is 7.70. The number of carbonyl (C=O) groups is 3. The summed E-state index contributed by atoms with van der Waals surface area (Å²) < 4.78 is 6.99. The van der Waals surface area contributed by atoms with E-state index in [1.165, 1.54) is 11.1 Å². The summed E-state index contributed by atoms with van der Waals surface area (Å²) in [5.74, 6) is -1.06. The Kier molecular flexibility index (Phi) is 10.4. The lowest BCUT2D eigenvalue weighted by Gasteiger charge is -2.39. The summed E-state index contributed by atoms with van der Waals surface area (Å²) in [6.45, 7) is 3.79. The molecule has 6 rings (SSSR count). The van der Waals surface area contributed by atoms with Gasteiger partial charge in [-0.15, -0.1) is 5.10 Å². The Morgan fingerprint density at radius 1 is 1.06 bits per heavy atom. The van der Waals surface area contributed by atoms with Gasteiger partial charge in [-0.3, -0.25) is 14.4 Å². The van der Waals surface area contributed by atoms with Gasteiger partial charge in [-0.05, 0) is 61.9 Å². The molecule has 3 atom stereocenters. The molecule has 14 heteroatoms. The Hall–Kier alpha value is -3.85. The van der Waals surface area contributed by atoms with E-state index in [1.807, 2.05) is 36.4 Å². The molecule has 3 amide bonds. The molecule has 0 radical (unpaired) electrons.